The first-order valence-corrected chi connectivity index (χ1v) is 10.5. The van der Waals surface area contributed by atoms with Gasteiger partial charge in [-0.25, -0.2) is 9.97 Å². The van der Waals surface area contributed by atoms with E-state index in [1.54, 1.807) is 37.3 Å². The van der Waals surface area contributed by atoms with Crippen molar-refractivity contribution in [1.82, 2.24) is 19.3 Å². The Hall–Kier alpha value is -2.31. The minimum absolute atomic E-state index is 0.150. The summed E-state index contributed by atoms with van der Waals surface area (Å²) in [6.45, 7) is 2.04. The van der Waals surface area contributed by atoms with Crippen LogP contribution in [0.3, 0.4) is 0 Å². The molecule has 3 aromatic heterocycles. The summed E-state index contributed by atoms with van der Waals surface area (Å²) in [6, 6.07) is 5.51. The van der Waals surface area contributed by atoms with E-state index in [2.05, 4.69) is 24.6 Å². The lowest BCUT2D eigenvalue weighted by Gasteiger charge is -2.13. The molecule has 0 aliphatic carbocycles. The largest absolute Gasteiger partial charge is 0.452 e. The fraction of sp³-hybridized carbons (Fsp3) is 0.333. The highest BCUT2D eigenvalue weighted by molar-refractivity contribution is 7.99. The number of pyridine rings is 2. The van der Waals surface area contributed by atoms with Gasteiger partial charge in [-0.15, -0.1) is 11.8 Å². The number of nitrogens with zero attached hydrogens (tertiary/aromatic N) is 4. The van der Waals surface area contributed by atoms with Crippen LogP contribution < -0.4 is 10.1 Å². The van der Waals surface area contributed by atoms with Crippen molar-refractivity contribution >= 4 is 34.2 Å². The normalized spacial score (nSPS) is 12.0. The van der Waals surface area contributed by atoms with Crippen LogP contribution in [0.4, 0.5) is 10.9 Å². The van der Waals surface area contributed by atoms with Crippen LogP contribution in [-0.4, -0.2) is 55.6 Å². The molecule has 0 aliphatic rings. The topological polar surface area (TPSA) is 123 Å². The fourth-order valence-corrected chi connectivity index (χ4v) is 3.64. The molecule has 0 amide bonds. The Labute approximate surface area is 176 Å². The van der Waals surface area contributed by atoms with Gasteiger partial charge in [-0.2, -0.15) is 4.37 Å². The first-order chi connectivity index (χ1) is 14.1. The average Bonchev–Trinajstić information content (AvgIpc) is 3.19. The van der Waals surface area contributed by atoms with E-state index in [0.717, 1.165) is 27.9 Å². The molecular formula is C18H21N5O4S2. The van der Waals surface area contributed by atoms with E-state index in [4.69, 9.17) is 14.6 Å². The Morgan fingerprint density at radius 2 is 2.17 bits per heavy atom. The summed E-state index contributed by atoms with van der Waals surface area (Å²) in [7, 11) is 1.66. The van der Waals surface area contributed by atoms with E-state index >= 15 is 0 Å². The molecule has 0 spiro atoms. The van der Waals surface area contributed by atoms with Crippen LogP contribution >= 0.6 is 23.3 Å². The molecule has 1 atom stereocenters. The third-order valence-corrected chi connectivity index (χ3v) is 5.27. The summed E-state index contributed by atoms with van der Waals surface area (Å²) in [5.41, 5.74) is 0.750. The van der Waals surface area contributed by atoms with E-state index in [1.807, 2.05) is 19.1 Å². The van der Waals surface area contributed by atoms with E-state index in [9.17, 15) is 5.11 Å². The number of aromatic nitrogens is 4. The monoisotopic (exact) mass is 435 g/mol. The Morgan fingerprint density at radius 3 is 2.93 bits per heavy atom. The molecule has 11 heteroatoms. The number of thioether (sulfide) groups is 1. The molecule has 154 valence electrons. The van der Waals surface area contributed by atoms with Gasteiger partial charge in [0.05, 0.1) is 18.9 Å². The van der Waals surface area contributed by atoms with Gasteiger partial charge in [0.25, 0.3) is 0 Å². The molecule has 0 saturated heterocycles. The molecule has 3 aromatic rings. The van der Waals surface area contributed by atoms with E-state index in [0.29, 0.717) is 29.1 Å². The molecule has 0 saturated carbocycles. The van der Waals surface area contributed by atoms with Crippen LogP contribution in [0.2, 0.25) is 0 Å². The van der Waals surface area contributed by atoms with Gasteiger partial charge < -0.3 is 25.0 Å². The third-order valence-electron chi connectivity index (χ3n) is 3.70. The molecule has 0 aromatic carbocycles. The van der Waals surface area contributed by atoms with Crippen LogP contribution in [0.5, 0.6) is 11.5 Å². The quantitative estimate of drug-likeness (QED) is 0.323. The number of nitrogens with one attached hydrogen (secondary N) is 1. The highest BCUT2D eigenvalue weighted by Crippen LogP contribution is 2.34. The van der Waals surface area contributed by atoms with Crippen molar-refractivity contribution in [2.45, 2.75) is 17.9 Å². The molecule has 0 bridgehead atoms. The summed E-state index contributed by atoms with van der Waals surface area (Å²) in [4.78, 5) is 13.8. The van der Waals surface area contributed by atoms with Gasteiger partial charge in [0, 0.05) is 41.7 Å². The molecule has 9 nitrogen and oxygen atoms in total. The van der Waals surface area contributed by atoms with Gasteiger partial charge >= 0.3 is 0 Å². The maximum Gasteiger partial charge on any atom is 0.208 e. The highest BCUT2D eigenvalue weighted by atomic mass is 32.2. The summed E-state index contributed by atoms with van der Waals surface area (Å²) in [5, 5.41) is 22.2. The van der Waals surface area contributed by atoms with Crippen LogP contribution in [0.25, 0.3) is 0 Å². The first kappa shape index (κ1) is 21.4. The van der Waals surface area contributed by atoms with Crippen molar-refractivity contribution in [3.63, 3.8) is 0 Å². The second-order valence-electron chi connectivity index (χ2n) is 5.83. The Kier molecular flexibility index (Phi) is 7.72. The van der Waals surface area contributed by atoms with E-state index < -0.39 is 12.7 Å². The molecule has 3 rings (SSSR count). The van der Waals surface area contributed by atoms with Crippen molar-refractivity contribution < 1.29 is 19.7 Å². The van der Waals surface area contributed by atoms with Crippen LogP contribution in [-0.2, 0) is 4.74 Å². The number of methoxy groups -OCH3 is 1. The van der Waals surface area contributed by atoms with E-state index in [-0.39, 0.29) is 5.82 Å². The summed E-state index contributed by atoms with van der Waals surface area (Å²) < 4.78 is 15.2. The van der Waals surface area contributed by atoms with Crippen molar-refractivity contribution in [1.29, 1.82) is 0 Å². The van der Waals surface area contributed by atoms with Gasteiger partial charge in [0.1, 0.15) is 11.9 Å². The summed E-state index contributed by atoms with van der Waals surface area (Å²) >= 11 is 2.66. The maximum atomic E-state index is 9.67. The lowest BCUT2D eigenvalue weighted by atomic mass is 10.3. The standard InChI is InChI=1S/C18H21N5O4S2/c1-11-14(4-3-5-19-11)27-15-8-12(28-7-6-26-2)9-20-17(15)22-18-21-16(23-29-18)13(25)10-24/h3-5,8-9,13,24-25H,6-7,10H2,1-2H3,(H,20,21,22,23)/t13-/m1/s1. The minimum Gasteiger partial charge on any atom is -0.452 e. The molecule has 0 radical (unpaired) electrons. The number of rotatable bonds is 10. The second-order valence-corrected chi connectivity index (χ2v) is 7.75. The number of aliphatic hydroxyl groups is 2. The lowest BCUT2D eigenvalue weighted by Crippen LogP contribution is -2.04. The SMILES string of the molecule is COCCSc1cnc(Nc2nc([C@H](O)CO)ns2)c(Oc2cccnc2C)c1. The van der Waals surface area contributed by atoms with Crippen molar-refractivity contribution in [2.75, 3.05) is 31.4 Å². The van der Waals surface area contributed by atoms with Crippen molar-refractivity contribution in [2.24, 2.45) is 0 Å². The fourth-order valence-electron chi connectivity index (χ4n) is 2.22. The summed E-state index contributed by atoms with van der Waals surface area (Å²) in [5.74, 6) is 2.51. The van der Waals surface area contributed by atoms with Gasteiger partial charge in [-0.1, -0.05) is 0 Å². The Morgan fingerprint density at radius 1 is 1.31 bits per heavy atom. The third kappa shape index (κ3) is 5.84. The molecular weight excluding hydrogens is 414 g/mol. The van der Waals surface area contributed by atoms with Gasteiger partial charge in [0.15, 0.2) is 17.4 Å². The van der Waals surface area contributed by atoms with Crippen LogP contribution in [0, 0.1) is 6.92 Å². The first-order valence-electron chi connectivity index (χ1n) is 8.71. The predicted molar refractivity (Wildman–Crippen MR) is 111 cm³/mol. The predicted octanol–water partition coefficient (Wildman–Crippen LogP) is 2.94. The molecule has 3 N–H and O–H groups in total. The molecule has 0 fully saturated rings. The number of anilines is 2. The van der Waals surface area contributed by atoms with Gasteiger partial charge in [-0.3, -0.25) is 4.98 Å². The van der Waals surface area contributed by atoms with Crippen LogP contribution in [0.15, 0.2) is 35.5 Å². The molecule has 0 unspecified atom stereocenters. The second kappa shape index (κ2) is 10.5. The molecule has 3 heterocycles. The van der Waals surface area contributed by atoms with Crippen LogP contribution in [0.1, 0.15) is 17.6 Å². The van der Waals surface area contributed by atoms with Crippen molar-refractivity contribution in [3.05, 3.63) is 42.1 Å². The number of aliphatic hydroxyl groups excluding tert-OH is 2. The zero-order valence-corrected chi connectivity index (χ0v) is 17.5. The number of hydrogen-bond donors (Lipinski definition) is 3. The average molecular weight is 436 g/mol. The zero-order valence-electron chi connectivity index (χ0n) is 15.9. The number of hydrogen-bond acceptors (Lipinski definition) is 11. The lowest BCUT2D eigenvalue weighted by molar-refractivity contribution is 0.0897. The maximum absolute atomic E-state index is 9.67. The Balaban J connectivity index is 1.86. The van der Waals surface area contributed by atoms with Gasteiger partial charge in [0.2, 0.25) is 5.13 Å². The number of ether oxygens (including phenoxy) is 2. The smallest absolute Gasteiger partial charge is 0.208 e. The zero-order chi connectivity index (χ0) is 20.6. The molecule has 0 aliphatic heterocycles. The highest BCUT2D eigenvalue weighted by Gasteiger charge is 2.16. The number of aryl methyl sites for hydroxylation is 1. The minimum atomic E-state index is -1.12. The summed E-state index contributed by atoms with van der Waals surface area (Å²) in [6.07, 6.45) is 2.31. The van der Waals surface area contributed by atoms with Crippen molar-refractivity contribution in [3.8, 4) is 11.5 Å². The van der Waals surface area contributed by atoms with E-state index in [1.165, 1.54) is 0 Å². The van der Waals surface area contributed by atoms with Gasteiger partial charge in [-0.05, 0) is 25.1 Å². The molecule has 29 heavy (non-hydrogen) atoms. The Bertz CT molecular complexity index is 940.